The molecule has 106 valence electrons. The van der Waals surface area contributed by atoms with Crippen LogP contribution in [0, 0.1) is 0 Å². The van der Waals surface area contributed by atoms with Crippen molar-refractivity contribution in [3.05, 3.63) is 59.1 Å². The molecule has 0 bridgehead atoms. The van der Waals surface area contributed by atoms with Gasteiger partial charge < -0.3 is 10.1 Å². The fourth-order valence-corrected chi connectivity index (χ4v) is 2.94. The lowest BCUT2D eigenvalue weighted by atomic mass is 10.2. The summed E-state index contributed by atoms with van der Waals surface area (Å²) in [4.78, 5) is 2.46. The van der Waals surface area contributed by atoms with Gasteiger partial charge in [-0.05, 0) is 35.9 Å². The molecule has 0 aromatic heterocycles. The van der Waals surface area contributed by atoms with Gasteiger partial charge >= 0.3 is 0 Å². The Hall–Kier alpha value is -1.00. The maximum Gasteiger partial charge on any atom is 0.0587 e. The van der Waals surface area contributed by atoms with Gasteiger partial charge in [0.25, 0.3) is 0 Å². The first-order chi connectivity index (χ1) is 9.79. The van der Waals surface area contributed by atoms with Gasteiger partial charge in [0.05, 0.1) is 6.61 Å². The Morgan fingerprint density at radius 2 is 1.95 bits per heavy atom. The van der Waals surface area contributed by atoms with Crippen LogP contribution in [0.4, 0.5) is 0 Å². The summed E-state index contributed by atoms with van der Waals surface area (Å²) < 4.78 is 5.04. The maximum absolute atomic E-state index is 6.10. The van der Waals surface area contributed by atoms with Crippen LogP contribution in [0.3, 0.4) is 0 Å². The third kappa shape index (κ3) is 4.84. The zero-order valence-electron chi connectivity index (χ0n) is 11.4. The lowest BCUT2D eigenvalue weighted by molar-refractivity contribution is 0.199. The van der Waals surface area contributed by atoms with Crippen molar-refractivity contribution in [3.8, 4) is 0 Å². The average Bonchev–Trinajstić information content (AvgIpc) is 2.47. The van der Waals surface area contributed by atoms with E-state index >= 15 is 0 Å². The molecule has 20 heavy (non-hydrogen) atoms. The van der Waals surface area contributed by atoms with Crippen molar-refractivity contribution < 1.29 is 4.74 Å². The molecule has 2 rings (SSSR count). The van der Waals surface area contributed by atoms with Crippen LogP contribution in [0.5, 0.6) is 0 Å². The highest BCUT2D eigenvalue weighted by Crippen LogP contribution is 2.31. The number of methoxy groups -OCH3 is 1. The molecular weight excluding hydrogens is 290 g/mol. The molecule has 0 saturated heterocycles. The zero-order valence-corrected chi connectivity index (χ0v) is 13.0. The van der Waals surface area contributed by atoms with Crippen LogP contribution in [0.2, 0.25) is 5.02 Å². The molecule has 0 radical (unpaired) electrons. The van der Waals surface area contributed by atoms with Crippen molar-refractivity contribution in [2.45, 2.75) is 16.3 Å². The highest BCUT2D eigenvalue weighted by atomic mass is 35.5. The van der Waals surface area contributed by atoms with E-state index in [4.69, 9.17) is 16.3 Å². The van der Waals surface area contributed by atoms with Crippen LogP contribution in [-0.2, 0) is 11.3 Å². The SMILES string of the molecule is COCCNCc1cc(Cl)ccc1Sc1ccccc1. The highest BCUT2D eigenvalue weighted by Gasteiger charge is 2.05. The summed E-state index contributed by atoms with van der Waals surface area (Å²) in [6.07, 6.45) is 0. The Kier molecular flexibility index (Phi) is 6.40. The summed E-state index contributed by atoms with van der Waals surface area (Å²) in [6.45, 7) is 2.33. The predicted octanol–water partition coefficient (Wildman–Crippen LogP) is 4.23. The van der Waals surface area contributed by atoms with E-state index < -0.39 is 0 Å². The van der Waals surface area contributed by atoms with Gasteiger partial charge in [0.1, 0.15) is 0 Å². The Morgan fingerprint density at radius 3 is 2.70 bits per heavy atom. The molecule has 0 fully saturated rings. The molecule has 0 atom stereocenters. The van der Waals surface area contributed by atoms with Crippen molar-refractivity contribution in [1.82, 2.24) is 5.32 Å². The summed E-state index contributed by atoms with van der Waals surface area (Å²) in [6, 6.07) is 16.4. The molecule has 0 heterocycles. The minimum Gasteiger partial charge on any atom is -0.383 e. The molecule has 0 aliphatic heterocycles. The Labute approximate surface area is 129 Å². The molecule has 0 aliphatic carbocycles. The minimum absolute atomic E-state index is 0.710. The second-order valence-electron chi connectivity index (χ2n) is 4.34. The predicted molar refractivity (Wildman–Crippen MR) is 85.6 cm³/mol. The quantitative estimate of drug-likeness (QED) is 0.774. The van der Waals surface area contributed by atoms with Gasteiger partial charge in [0.15, 0.2) is 0 Å². The van der Waals surface area contributed by atoms with Crippen LogP contribution in [0.1, 0.15) is 5.56 Å². The smallest absolute Gasteiger partial charge is 0.0587 e. The normalized spacial score (nSPS) is 10.7. The lowest BCUT2D eigenvalue weighted by Crippen LogP contribution is -2.18. The highest BCUT2D eigenvalue weighted by molar-refractivity contribution is 7.99. The van der Waals surface area contributed by atoms with Gasteiger partial charge in [-0.1, -0.05) is 41.6 Å². The van der Waals surface area contributed by atoms with Gasteiger partial charge in [-0.15, -0.1) is 0 Å². The minimum atomic E-state index is 0.710. The van der Waals surface area contributed by atoms with E-state index in [-0.39, 0.29) is 0 Å². The Balaban J connectivity index is 2.07. The summed E-state index contributed by atoms with van der Waals surface area (Å²) >= 11 is 7.85. The van der Waals surface area contributed by atoms with Crippen LogP contribution < -0.4 is 5.32 Å². The molecule has 0 amide bonds. The molecule has 2 aromatic rings. The number of benzene rings is 2. The maximum atomic E-state index is 6.10. The number of hydrogen-bond acceptors (Lipinski definition) is 3. The van der Waals surface area contributed by atoms with Crippen LogP contribution in [0.25, 0.3) is 0 Å². The topological polar surface area (TPSA) is 21.3 Å². The molecule has 2 nitrogen and oxygen atoms in total. The van der Waals surface area contributed by atoms with E-state index in [1.165, 1.54) is 15.4 Å². The molecule has 1 N–H and O–H groups in total. The van der Waals surface area contributed by atoms with Gasteiger partial charge in [0.2, 0.25) is 0 Å². The summed E-state index contributed by atoms with van der Waals surface area (Å²) in [5.74, 6) is 0. The van der Waals surface area contributed by atoms with E-state index in [1.807, 2.05) is 18.2 Å². The van der Waals surface area contributed by atoms with E-state index in [2.05, 4.69) is 35.6 Å². The number of halogens is 1. The van der Waals surface area contributed by atoms with E-state index in [9.17, 15) is 0 Å². The Bertz CT molecular complexity index is 533. The van der Waals surface area contributed by atoms with Crippen LogP contribution >= 0.6 is 23.4 Å². The van der Waals surface area contributed by atoms with Crippen molar-refractivity contribution in [2.75, 3.05) is 20.3 Å². The van der Waals surface area contributed by atoms with E-state index in [0.29, 0.717) is 6.61 Å². The Morgan fingerprint density at radius 1 is 1.15 bits per heavy atom. The van der Waals surface area contributed by atoms with Gasteiger partial charge in [-0.3, -0.25) is 0 Å². The summed E-state index contributed by atoms with van der Waals surface area (Å²) in [7, 11) is 1.71. The monoisotopic (exact) mass is 307 g/mol. The molecule has 2 aromatic carbocycles. The zero-order chi connectivity index (χ0) is 14.2. The van der Waals surface area contributed by atoms with Gasteiger partial charge in [-0.2, -0.15) is 0 Å². The molecule has 0 aliphatic rings. The first kappa shape index (κ1) is 15.4. The fourth-order valence-electron chi connectivity index (χ4n) is 1.80. The van der Waals surface area contributed by atoms with Gasteiger partial charge in [0, 0.05) is 35.0 Å². The van der Waals surface area contributed by atoms with Crippen LogP contribution in [-0.4, -0.2) is 20.3 Å². The third-order valence-electron chi connectivity index (χ3n) is 2.79. The van der Waals surface area contributed by atoms with Crippen LogP contribution in [0.15, 0.2) is 58.3 Å². The van der Waals surface area contributed by atoms with Crippen molar-refractivity contribution in [2.24, 2.45) is 0 Å². The molecule has 0 spiro atoms. The number of ether oxygens (including phenoxy) is 1. The lowest BCUT2D eigenvalue weighted by Gasteiger charge is -2.11. The second-order valence-corrected chi connectivity index (χ2v) is 5.89. The molecule has 4 heteroatoms. The standard InChI is InChI=1S/C16H18ClNOS/c1-19-10-9-18-12-13-11-14(17)7-8-16(13)20-15-5-3-2-4-6-15/h2-8,11,18H,9-10,12H2,1H3. The number of hydrogen-bond donors (Lipinski definition) is 1. The molecular formula is C16H18ClNOS. The summed E-state index contributed by atoms with van der Waals surface area (Å²) in [5, 5.41) is 4.13. The number of nitrogens with one attached hydrogen (secondary N) is 1. The second kappa shape index (κ2) is 8.32. The van der Waals surface area contributed by atoms with E-state index in [1.54, 1.807) is 18.9 Å². The average molecular weight is 308 g/mol. The fraction of sp³-hybridized carbons (Fsp3) is 0.250. The largest absolute Gasteiger partial charge is 0.383 e. The first-order valence-electron chi connectivity index (χ1n) is 6.50. The first-order valence-corrected chi connectivity index (χ1v) is 7.70. The van der Waals surface area contributed by atoms with Crippen molar-refractivity contribution in [1.29, 1.82) is 0 Å². The van der Waals surface area contributed by atoms with Gasteiger partial charge in [-0.25, -0.2) is 0 Å². The van der Waals surface area contributed by atoms with Crippen molar-refractivity contribution >= 4 is 23.4 Å². The van der Waals surface area contributed by atoms with E-state index in [0.717, 1.165) is 18.1 Å². The number of rotatable bonds is 7. The molecule has 0 unspecified atom stereocenters. The third-order valence-corrected chi connectivity index (χ3v) is 4.15. The van der Waals surface area contributed by atoms with Crippen molar-refractivity contribution in [3.63, 3.8) is 0 Å². The summed E-state index contributed by atoms with van der Waals surface area (Å²) in [5.41, 5.74) is 1.21. The molecule has 0 saturated carbocycles.